The Kier molecular flexibility index (Phi) is 1.75. The van der Waals surface area contributed by atoms with Gasteiger partial charge in [-0.1, -0.05) is 0 Å². The van der Waals surface area contributed by atoms with Crippen LogP contribution in [0.3, 0.4) is 0 Å². The van der Waals surface area contributed by atoms with E-state index in [0.717, 1.165) is 13.1 Å². The summed E-state index contributed by atoms with van der Waals surface area (Å²) in [5.41, 5.74) is 0. The van der Waals surface area contributed by atoms with Gasteiger partial charge in [0.1, 0.15) is 0 Å². The molecule has 1 heterocycles. The van der Waals surface area contributed by atoms with Gasteiger partial charge in [0, 0.05) is 27.2 Å². The molecule has 0 amide bonds. The van der Waals surface area contributed by atoms with Crippen LogP contribution in [0.5, 0.6) is 0 Å². The van der Waals surface area contributed by atoms with E-state index in [-0.39, 0.29) is 0 Å². The molecule has 1 saturated heterocycles. The van der Waals surface area contributed by atoms with Crippen LogP contribution in [0, 0.1) is 0 Å². The smallest absolute Gasteiger partial charge is 0.0618 e. The van der Waals surface area contributed by atoms with Gasteiger partial charge >= 0.3 is 0 Å². The number of hydrazine groups is 1. The van der Waals surface area contributed by atoms with E-state index in [2.05, 4.69) is 10.0 Å². The fraction of sp³-hybridized carbons (Fsp3) is 1.00. The lowest BCUT2D eigenvalue weighted by molar-refractivity contribution is 0.0894. The van der Waals surface area contributed by atoms with E-state index >= 15 is 0 Å². The van der Waals surface area contributed by atoms with Crippen molar-refractivity contribution >= 4 is 11.6 Å². The third-order valence-electron chi connectivity index (χ3n) is 1.51. The van der Waals surface area contributed by atoms with Gasteiger partial charge in [-0.2, -0.15) is 0 Å². The van der Waals surface area contributed by atoms with Gasteiger partial charge < -0.3 is 0 Å². The number of hydrogen-bond acceptors (Lipinski definition) is 2. The van der Waals surface area contributed by atoms with Crippen molar-refractivity contribution in [3.8, 4) is 0 Å². The zero-order valence-corrected chi connectivity index (χ0v) is 6.02. The molecule has 0 N–H and O–H groups in total. The van der Waals surface area contributed by atoms with Crippen LogP contribution in [0.15, 0.2) is 0 Å². The fourth-order valence-electron chi connectivity index (χ4n) is 0.910. The topological polar surface area (TPSA) is 6.48 Å². The molecule has 0 saturated carbocycles. The molecule has 8 heavy (non-hydrogen) atoms. The van der Waals surface area contributed by atoms with Crippen molar-refractivity contribution in [1.82, 2.24) is 10.0 Å². The van der Waals surface area contributed by atoms with E-state index in [9.17, 15) is 0 Å². The van der Waals surface area contributed by atoms with Crippen LogP contribution in [-0.2, 0) is 0 Å². The molecule has 0 aliphatic carbocycles. The van der Waals surface area contributed by atoms with Crippen molar-refractivity contribution in [3.05, 3.63) is 0 Å². The monoisotopic (exact) mass is 134 g/mol. The van der Waals surface area contributed by atoms with E-state index in [0.29, 0.717) is 5.38 Å². The molecule has 1 rings (SSSR count). The lowest BCUT2D eigenvalue weighted by Crippen LogP contribution is -2.28. The summed E-state index contributed by atoms with van der Waals surface area (Å²) in [7, 11) is 4.09. The Bertz CT molecular complexity index is 76.5. The van der Waals surface area contributed by atoms with Crippen LogP contribution in [-0.4, -0.2) is 42.6 Å². The maximum absolute atomic E-state index is 5.82. The molecule has 2 nitrogen and oxygen atoms in total. The SMILES string of the molecule is CN1CC(Cl)CN1C. The summed E-state index contributed by atoms with van der Waals surface area (Å²) in [5.74, 6) is 0. The van der Waals surface area contributed by atoms with Crippen LogP contribution in [0.25, 0.3) is 0 Å². The van der Waals surface area contributed by atoms with Gasteiger partial charge in [-0.25, -0.2) is 10.0 Å². The number of halogens is 1. The minimum absolute atomic E-state index is 0.324. The zero-order valence-electron chi connectivity index (χ0n) is 5.26. The van der Waals surface area contributed by atoms with Gasteiger partial charge in [-0.15, -0.1) is 11.6 Å². The third kappa shape index (κ3) is 1.13. The molecule has 0 aromatic carbocycles. The first-order valence-electron chi connectivity index (χ1n) is 2.76. The second-order valence-electron chi connectivity index (χ2n) is 2.28. The van der Waals surface area contributed by atoms with Gasteiger partial charge in [-0.05, 0) is 0 Å². The third-order valence-corrected chi connectivity index (χ3v) is 1.78. The van der Waals surface area contributed by atoms with E-state index in [4.69, 9.17) is 11.6 Å². The molecular weight excluding hydrogens is 124 g/mol. The average Bonchev–Trinajstić information content (AvgIpc) is 1.85. The summed E-state index contributed by atoms with van der Waals surface area (Å²) >= 11 is 5.82. The molecule has 0 unspecified atom stereocenters. The Morgan fingerprint density at radius 2 is 1.62 bits per heavy atom. The molecule has 0 aromatic rings. The van der Waals surface area contributed by atoms with Crippen molar-refractivity contribution in [2.24, 2.45) is 0 Å². The minimum atomic E-state index is 0.324. The Morgan fingerprint density at radius 1 is 1.25 bits per heavy atom. The first-order chi connectivity index (χ1) is 3.70. The standard InChI is InChI=1S/C5H11ClN2/c1-7-3-5(6)4-8(7)2/h5H,3-4H2,1-2H3. The number of alkyl halides is 1. The van der Waals surface area contributed by atoms with Crippen LogP contribution >= 0.6 is 11.6 Å². The van der Waals surface area contributed by atoms with Gasteiger partial charge in [-0.3, -0.25) is 0 Å². The predicted molar refractivity (Wildman–Crippen MR) is 34.9 cm³/mol. The predicted octanol–water partition coefficient (Wildman–Crippen LogP) is 0.386. The molecule has 0 bridgehead atoms. The van der Waals surface area contributed by atoms with E-state index in [1.807, 2.05) is 14.1 Å². The molecular formula is C5H11ClN2. The van der Waals surface area contributed by atoms with E-state index < -0.39 is 0 Å². The lowest BCUT2D eigenvalue weighted by atomic mass is 10.4. The molecule has 0 aromatic heterocycles. The second kappa shape index (κ2) is 2.21. The maximum atomic E-state index is 5.82. The largest absolute Gasteiger partial charge is 0.244 e. The van der Waals surface area contributed by atoms with E-state index in [1.165, 1.54) is 0 Å². The molecule has 48 valence electrons. The zero-order chi connectivity index (χ0) is 6.15. The second-order valence-corrected chi connectivity index (χ2v) is 2.89. The highest BCUT2D eigenvalue weighted by atomic mass is 35.5. The first kappa shape index (κ1) is 6.33. The van der Waals surface area contributed by atoms with Gasteiger partial charge in [0.25, 0.3) is 0 Å². The molecule has 1 aliphatic rings. The van der Waals surface area contributed by atoms with Gasteiger partial charge in [0.15, 0.2) is 0 Å². The van der Waals surface area contributed by atoms with Crippen molar-refractivity contribution in [2.75, 3.05) is 27.2 Å². The van der Waals surface area contributed by atoms with Crippen molar-refractivity contribution in [3.63, 3.8) is 0 Å². The Hall–Kier alpha value is 0.210. The van der Waals surface area contributed by atoms with Gasteiger partial charge in [0.2, 0.25) is 0 Å². The van der Waals surface area contributed by atoms with Crippen LogP contribution in [0.2, 0.25) is 0 Å². The molecule has 1 fully saturated rings. The Balaban J connectivity index is 2.39. The first-order valence-corrected chi connectivity index (χ1v) is 3.20. The highest BCUT2D eigenvalue weighted by Crippen LogP contribution is 2.09. The van der Waals surface area contributed by atoms with Gasteiger partial charge in [0.05, 0.1) is 5.38 Å². The highest BCUT2D eigenvalue weighted by Gasteiger charge is 2.21. The normalized spacial score (nSPS) is 27.4. The van der Waals surface area contributed by atoms with Crippen molar-refractivity contribution in [1.29, 1.82) is 0 Å². The Morgan fingerprint density at radius 3 is 1.75 bits per heavy atom. The van der Waals surface area contributed by atoms with Crippen LogP contribution < -0.4 is 0 Å². The summed E-state index contributed by atoms with van der Waals surface area (Å²) in [4.78, 5) is 0. The average molecular weight is 135 g/mol. The summed E-state index contributed by atoms with van der Waals surface area (Å²) in [6, 6.07) is 0. The quantitative estimate of drug-likeness (QED) is 0.442. The molecule has 0 spiro atoms. The van der Waals surface area contributed by atoms with Crippen molar-refractivity contribution < 1.29 is 0 Å². The Labute approximate surface area is 55.0 Å². The number of nitrogens with zero attached hydrogens (tertiary/aromatic N) is 2. The molecule has 0 atom stereocenters. The summed E-state index contributed by atoms with van der Waals surface area (Å²) in [6.07, 6.45) is 0. The van der Waals surface area contributed by atoms with Crippen LogP contribution in [0.1, 0.15) is 0 Å². The summed E-state index contributed by atoms with van der Waals surface area (Å²) in [5, 5.41) is 4.57. The lowest BCUT2D eigenvalue weighted by Gasteiger charge is -2.16. The van der Waals surface area contributed by atoms with Crippen molar-refractivity contribution in [2.45, 2.75) is 5.38 Å². The summed E-state index contributed by atoms with van der Waals surface area (Å²) in [6.45, 7) is 1.97. The minimum Gasteiger partial charge on any atom is -0.244 e. The fourth-order valence-corrected chi connectivity index (χ4v) is 1.31. The number of hydrogen-bond donors (Lipinski definition) is 0. The number of rotatable bonds is 0. The molecule has 0 radical (unpaired) electrons. The summed E-state index contributed by atoms with van der Waals surface area (Å²) < 4.78 is 0. The maximum Gasteiger partial charge on any atom is 0.0618 e. The highest BCUT2D eigenvalue weighted by molar-refractivity contribution is 6.21. The van der Waals surface area contributed by atoms with Crippen LogP contribution in [0.4, 0.5) is 0 Å². The molecule has 3 heteroatoms. The van der Waals surface area contributed by atoms with E-state index in [1.54, 1.807) is 0 Å². The molecule has 1 aliphatic heterocycles.